The zero-order valence-electron chi connectivity index (χ0n) is 21.7. The first-order valence-corrected chi connectivity index (χ1v) is 14.0. The van der Waals surface area contributed by atoms with Crippen LogP contribution in [-0.2, 0) is 21.4 Å². The summed E-state index contributed by atoms with van der Waals surface area (Å²) in [6.45, 7) is 8.32. The molecule has 2 aromatic heterocycles. The van der Waals surface area contributed by atoms with Crippen molar-refractivity contribution in [3.8, 4) is 11.4 Å². The summed E-state index contributed by atoms with van der Waals surface area (Å²) in [7, 11) is 1.68. The number of halogens is 1. The summed E-state index contributed by atoms with van der Waals surface area (Å²) in [5.41, 5.74) is 1.80. The molecule has 7 nitrogen and oxygen atoms in total. The number of carbonyl (C=O) groups excluding carboxylic acids is 2. The lowest BCUT2D eigenvalue weighted by Crippen LogP contribution is -2.49. The number of hydrogen-bond acceptors (Lipinski definition) is 6. The number of amides is 2. The van der Waals surface area contributed by atoms with Crippen molar-refractivity contribution >= 4 is 39.1 Å². The topological polar surface area (TPSA) is 84.4 Å². The van der Waals surface area contributed by atoms with Crippen LogP contribution >= 0.6 is 27.3 Å². The van der Waals surface area contributed by atoms with Crippen LogP contribution in [0, 0.1) is 5.92 Å². The molecule has 1 saturated heterocycles. The molecule has 3 heterocycles. The average molecular weight is 586 g/mol. The van der Waals surface area contributed by atoms with Crippen LogP contribution < -0.4 is 5.32 Å². The molecule has 2 amide bonds. The Bertz CT molecular complexity index is 1220. The van der Waals surface area contributed by atoms with Crippen molar-refractivity contribution in [2.45, 2.75) is 45.1 Å². The number of nitrogens with one attached hydrogen (secondary N) is 1. The SMILES string of the molecule is COC[C@H]1CCN(C(=O)[C@H](Cc2ccc(-c3ncc(Br)cn3)cc2)NC(=O)c2ccc(C(C)(C)C)s2)C1. The molecular weight excluding hydrogens is 552 g/mol. The fraction of sp³-hybridized carbons (Fsp3) is 0.429. The highest BCUT2D eigenvalue weighted by molar-refractivity contribution is 9.10. The summed E-state index contributed by atoms with van der Waals surface area (Å²) < 4.78 is 6.12. The van der Waals surface area contributed by atoms with Gasteiger partial charge in [0, 0.05) is 55.4 Å². The molecule has 0 unspecified atom stereocenters. The quantitative estimate of drug-likeness (QED) is 0.398. The largest absolute Gasteiger partial charge is 0.384 e. The molecule has 1 N–H and O–H groups in total. The number of aromatic nitrogens is 2. The molecule has 0 spiro atoms. The normalized spacial score (nSPS) is 16.6. The summed E-state index contributed by atoms with van der Waals surface area (Å²) in [6.07, 6.45) is 4.73. The number of methoxy groups -OCH3 is 1. The van der Waals surface area contributed by atoms with Crippen LogP contribution in [0.2, 0.25) is 0 Å². The zero-order valence-corrected chi connectivity index (χ0v) is 24.1. The Morgan fingerprint density at radius 3 is 2.49 bits per heavy atom. The number of ether oxygens (including phenoxy) is 1. The third-order valence-electron chi connectivity index (χ3n) is 6.44. The third-order valence-corrected chi connectivity index (χ3v) is 8.36. The van der Waals surface area contributed by atoms with Gasteiger partial charge in [0.25, 0.3) is 5.91 Å². The third kappa shape index (κ3) is 7.03. The van der Waals surface area contributed by atoms with Crippen molar-refractivity contribution in [3.05, 3.63) is 68.6 Å². The van der Waals surface area contributed by atoms with Gasteiger partial charge in [-0.1, -0.05) is 45.0 Å². The molecule has 37 heavy (non-hydrogen) atoms. The van der Waals surface area contributed by atoms with Crippen LogP contribution in [0.15, 0.2) is 53.3 Å². The van der Waals surface area contributed by atoms with Gasteiger partial charge in [0.05, 0.1) is 16.0 Å². The number of hydrogen-bond donors (Lipinski definition) is 1. The molecule has 1 aliphatic rings. The Morgan fingerprint density at radius 1 is 1.16 bits per heavy atom. The average Bonchev–Trinajstić information content (AvgIpc) is 3.55. The highest BCUT2D eigenvalue weighted by Gasteiger charge is 2.32. The van der Waals surface area contributed by atoms with E-state index >= 15 is 0 Å². The first-order chi connectivity index (χ1) is 17.6. The monoisotopic (exact) mass is 584 g/mol. The maximum absolute atomic E-state index is 13.6. The lowest BCUT2D eigenvalue weighted by Gasteiger charge is -2.24. The van der Waals surface area contributed by atoms with Crippen molar-refractivity contribution in [3.63, 3.8) is 0 Å². The molecule has 196 valence electrons. The van der Waals surface area contributed by atoms with Crippen LogP contribution in [0.4, 0.5) is 0 Å². The lowest BCUT2D eigenvalue weighted by atomic mass is 9.95. The summed E-state index contributed by atoms with van der Waals surface area (Å²) in [5, 5.41) is 3.04. The van der Waals surface area contributed by atoms with E-state index in [9.17, 15) is 9.59 Å². The fourth-order valence-corrected chi connectivity index (χ4v) is 5.58. The van der Waals surface area contributed by atoms with Gasteiger partial charge in [-0.05, 0) is 45.5 Å². The summed E-state index contributed by atoms with van der Waals surface area (Å²) >= 11 is 4.83. The summed E-state index contributed by atoms with van der Waals surface area (Å²) in [4.78, 5) is 39.1. The molecule has 9 heteroatoms. The predicted molar refractivity (Wildman–Crippen MR) is 150 cm³/mol. The molecule has 1 aliphatic heterocycles. The van der Waals surface area contributed by atoms with E-state index < -0.39 is 6.04 Å². The van der Waals surface area contributed by atoms with Gasteiger partial charge >= 0.3 is 0 Å². The molecular formula is C28H33BrN4O3S. The molecule has 3 aromatic rings. The minimum Gasteiger partial charge on any atom is -0.384 e. The second-order valence-electron chi connectivity index (χ2n) is 10.5. The van der Waals surface area contributed by atoms with Crippen molar-refractivity contribution in [2.75, 3.05) is 26.8 Å². The van der Waals surface area contributed by atoms with Crippen LogP contribution in [-0.4, -0.2) is 59.5 Å². The van der Waals surface area contributed by atoms with Crippen molar-refractivity contribution < 1.29 is 14.3 Å². The summed E-state index contributed by atoms with van der Waals surface area (Å²) in [6, 6.07) is 11.0. The molecule has 0 aliphatic carbocycles. The Balaban J connectivity index is 1.52. The van der Waals surface area contributed by atoms with E-state index in [0.29, 0.717) is 42.7 Å². The fourth-order valence-electron chi connectivity index (χ4n) is 4.40. The smallest absolute Gasteiger partial charge is 0.262 e. The van der Waals surface area contributed by atoms with E-state index in [-0.39, 0.29) is 17.2 Å². The molecule has 4 rings (SSSR count). The number of rotatable bonds is 8. The molecule has 1 fully saturated rings. The Labute approximate surface area is 230 Å². The van der Waals surface area contributed by atoms with E-state index in [0.717, 1.165) is 26.9 Å². The molecule has 0 radical (unpaired) electrons. The predicted octanol–water partition coefficient (Wildman–Crippen LogP) is 5.10. The standard InChI is InChI=1S/C28H33BrN4O3S/c1-28(2,3)24-10-9-23(37-24)26(34)32-22(27(35)33-12-11-19(16-33)17-36-4)13-18-5-7-20(8-6-18)25-30-14-21(29)15-31-25/h5-10,14-15,19,22H,11-13,16-17H2,1-4H3,(H,32,34)/t19-,22-/m0/s1. The van der Waals surface area contributed by atoms with E-state index in [4.69, 9.17) is 4.74 Å². The van der Waals surface area contributed by atoms with Crippen molar-refractivity contribution in [1.82, 2.24) is 20.2 Å². The Hall–Kier alpha value is -2.62. The van der Waals surface area contributed by atoms with Crippen molar-refractivity contribution in [1.29, 1.82) is 0 Å². The minimum atomic E-state index is -0.663. The minimum absolute atomic E-state index is 0.0371. The first kappa shape index (κ1) is 27.4. The van der Waals surface area contributed by atoms with Crippen LogP contribution in [0.5, 0.6) is 0 Å². The van der Waals surface area contributed by atoms with Gasteiger partial charge < -0.3 is 15.0 Å². The number of benzene rings is 1. The van der Waals surface area contributed by atoms with E-state index in [1.54, 1.807) is 19.5 Å². The molecule has 2 atom stereocenters. The van der Waals surface area contributed by atoms with Crippen LogP contribution in [0.25, 0.3) is 11.4 Å². The second-order valence-corrected chi connectivity index (χ2v) is 12.5. The van der Waals surface area contributed by atoms with Gasteiger partial charge in [0.2, 0.25) is 5.91 Å². The van der Waals surface area contributed by atoms with E-state index in [2.05, 4.69) is 52.0 Å². The van der Waals surface area contributed by atoms with E-state index in [1.165, 1.54) is 11.3 Å². The van der Waals surface area contributed by atoms with Gasteiger partial charge in [-0.2, -0.15) is 0 Å². The Kier molecular flexibility index (Phi) is 8.77. The number of likely N-dealkylation sites (tertiary alicyclic amines) is 1. The van der Waals surface area contributed by atoms with Gasteiger partial charge in [0.15, 0.2) is 5.82 Å². The summed E-state index contributed by atoms with van der Waals surface area (Å²) in [5.74, 6) is 0.678. The number of thiophene rings is 1. The molecule has 1 aromatic carbocycles. The van der Waals surface area contributed by atoms with Gasteiger partial charge in [0.1, 0.15) is 6.04 Å². The number of carbonyl (C=O) groups is 2. The van der Waals surface area contributed by atoms with Gasteiger partial charge in [-0.3, -0.25) is 9.59 Å². The van der Waals surface area contributed by atoms with Crippen molar-refractivity contribution in [2.24, 2.45) is 5.92 Å². The first-order valence-electron chi connectivity index (χ1n) is 12.4. The Morgan fingerprint density at radius 2 is 1.86 bits per heavy atom. The highest BCUT2D eigenvalue weighted by atomic mass is 79.9. The molecule has 0 saturated carbocycles. The molecule has 0 bridgehead atoms. The van der Waals surface area contributed by atoms with Crippen LogP contribution in [0.3, 0.4) is 0 Å². The highest BCUT2D eigenvalue weighted by Crippen LogP contribution is 2.29. The van der Waals surface area contributed by atoms with Crippen LogP contribution in [0.1, 0.15) is 47.3 Å². The van der Waals surface area contributed by atoms with Gasteiger partial charge in [-0.25, -0.2) is 9.97 Å². The second kappa shape index (κ2) is 11.8. The maximum atomic E-state index is 13.6. The van der Waals surface area contributed by atoms with Gasteiger partial charge in [-0.15, -0.1) is 11.3 Å². The lowest BCUT2D eigenvalue weighted by molar-refractivity contribution is -0.132. The maximum Gasteiger partial charge on any atom is 0.262 e. The zero-order chi connectivity index (χ0) is 26.6. The number of nitrogens with zero attached hydrogens (tertiary/aromatic N) is 3. The van der Waals surface area contributed by atoms with E-state index in [1.807, 2.05) is 41.3 Å².